The van der Waals surface area contributed by atoms with Crippen LogP contribution in [0, 0.1) is 0 Å². The number of carbonyl (C=O) groups is 1. The highest BCUT2D eigenvalue weighted by atomic mass is 31.2. The normalized spacial score (nSPS) is 31.9. The SMILES string of the molecule is O=C(O)C1OC1[P+]([O-])([O-])[O-]. The third kappa shape index (κ3) is 1.42. The first-order chi connectivity index (χ1) is 4.43. The zero-order chi connectivity index (χ0) is 7.94. The molecular weight excluding hydrogens is 163 g/mol. The van der Waals surface area contributed by atoms with Crippen molar-refractivity contribution in [3.05, 3.63) is 0 Å². The van der Waals surface area contributed by atoms with Crippen LogP contribution >= 0.6 is 7.94 Å². The first kappa shape index (κ1) is 7.84. The number of ether oxygens (including phenoxy) is 1. The Kier molecular flexibility index (Phi) is 1.66. The van der Waals surface area contributed by atoms with Crippen LogP contribution in [0.2, 0.25) is 0 Å². The van der Waals surface area contributed by atoms with Crippen LogP contribution in [0.5, 0.6) is 0 Å². The summed E-state index contributed by atoms with van der Waals surface area (Å²) in [5, 5.41) is 8.06. The van der Waals surface area contributed by atoms with E-state index in [0.717, 1.165) is 0 Å². The lowest BCUT2D eigenvalue weighted by Gasteiger charge is -2.40. The number of hydrogen-bond acceptors (Lipinski definition) is 5. The molecule has 1 heterocycles. The number of epoxide rings is 1. The molecule has 0 aromatic heterocycles. The molecule has 0 aromatic rings. The smallest absolute Gasteiger partial charge is 0.339 e. The van der Waals surface area contributed by atoms with Gasteiger partial charge in [0.25, 0.3) is 0 Å². The van der Waals surface area contributed by atoms with E-state index >= 15 is 0 Å². The maximum atomic E-state index is 9.99. The Labute approximate surface area is 56.3 Å². The van der Waals surface area contributed by atoms with E-state index in [4.69, 9.17) is 5.11 Å². The minimum absolute atomic E-state index is 1.42. The molecule has 1 fully saturated rings. The summed E-state index contributed by atoms with van der Waals surface area (Å²) >= 11 is 0. The fourth-order valence-corrected chi connectivity index (χ4v) is 1.26. The molecule has 1 aliphatic rings. The quantitative estimate of drug-likeness (QED) is 0.338. The minimum atomic E-state index is -4.84. The van der Waals surface area contributed by atoms with E-state index in [2.05, 4.69) is 4.74 Å². The van der Waals surface area contributed by atoms with Gasteiger partial charge in [-0.25, -0.2) is 4.79 Å². The second-order valence-corrected chi connectivity index (χ2v) is 3.41. The molecule has 0 spiro atoms. The number of carboxylic acid groups (broad SMARTS) is 1. The van der Waals surface area contributed by atoms with E-state index in [9.17, 15) is 19.5 Å². The molecule has 0 saturated carbocycles. The van der Waals surface area contributed by atoms with E-state index < -0.39 is 25.9 Å². The van der Waals surface area contributed by atoms with E-state index in [1.165, 1.54) is 0 Å². The van der Waals surface area contributed by atoms with Gasteiger partial charge in [-0.05, 0) is 0 Å². The molecule has 0 bridgehead atoms. The third-order valence-corrected chi connectivity index (χ3v) is 2.04. The molecule has 10 heavy (non-hydrogen) atoms. The zero-order valence-corrected chi connectivity index (χ0v) is 5.48. The molecule has 1 aliphatic heterocycles. The monoisotopic (exact) mass is 166 g/mol. The average Bonchev–Trinajstić information content (AvgIpc) is 2.35. The Balaban J connectivity index is 2.46. The van der Waals surface area contributed by atoms with Crippen molar-refractivity contribution in [1.29, 1.82) is 0 Å². The van der Waals surface area contributed by atoms with Gasteiger partial charge >= 0.3 is 5.97 Å². The molecule has 58 valence electrons. The van der Waals surface area contributed by atoms with Crippen molar-refractivity contribution in [3.8, 4) is 0 Å². The lowest BCUT2D eigenvalue weighted by Crippen LogP contribution is -2.37. The van der Waals surface area contributed by atoms with E-state index in [1.54, 1.807) is 0 Å². The van der Waals surface area contributed by atoms with Gasteiger partial charge in [-0.3, -0.25) is 0 Å². The second-order valence-electron chi connectivity index (χ2n) is 1.83. The van der Waals surface area contributed by atoms with Crippen LogP contribution < -0.4 is 14.7 Å². The Morgan fingerprint density at radius 3 is 2.10 bits per heavy atom. The van der Waals surface area contributed by atoms with Crippen LogP contribution in [0.3, 0.4) is 0 Å². The first-order valence-electron chi connectivity index (χ1n) is 2.33. The summed E-state index contributed by atoms with van der Waals surface area (Å²) in [6.07, 6.45) is -1.44. The van der Waals surface area contributed by atoms with Crippen LogP contribution in [-0.2, 0) is 9.53 Å². The summed E-state index contributed by atoms with van der Waals surface area (Å²) in [5.41, 5.74) is 0. The zero-order valence-electron chi connectivity index (χ0n) is 4.59. The van der Waals surface area contributed by atoms with Gasteiger partial charge in [0.15, 0.2) is 5.85 Å². The van der Waals surface area contributed by atoms with Crippen molar-refractivity contribution in [2.24, 2.45) is 0 Å². The fourth-order valence-electron chi connectivity index (χ4n) is 0.525. The summed E-state index contributed by atoms with van der Waals surface area (Å²) in [4.78, 5) is 39.9. The van der Waals surface area contributed by atoms with E-state index in [0.29, 0.717) is 0 Å². The van der Waals surface area contributed by atoms with Gasteiger partial charge in [0.1, 0.15) is 0 Å². The maximum Gasteiger partial charge on any atom is 0.339 e. The average molecular weight is 166 g/mol. The summed E-state index contributed by atoms with van der Waals surface area (Å²) in [6.45, 7) is 0. The largest absolute Gasteiger partial charge is 0.686 e. The molecule has 6 nitrogen and oxygen atoms in total. The first-order valence-corrected chi connectivity index (χ1v) is 3.94. The Hall–Kier alpha value is -0.260. The summed E-state index contributed by atoms with van der Waals surface area (Å²) in [5.74, 6) is -3.07. The third-order valence-electron chi connectivity index (χ3n) is 1.02. The van der Waals surface area contributed by atoms with Gasteiger partial charge in [0.05, 0.1) is 0 Å². The molecule has 0 aromatic carbocycles. The van der Waals surface area contributed by atoms with Crippen molar-refractivity contribution < 1.29 is 29.3 Å². The van der Waals surface area contributed by atoms with Crippen molar-refractivity contribution in [3.63, 3.8) is 0 Å². The van der Waals surface area contributed by atoms with Crippen LogP contribution in [0.15, 0.2) is 0 Å². The van der Waals surface area contributed by atoms with Crippen molar-refractivity contribution >= 4 is 13.9 Å². The van der Waals surface area contributed by atoms with Crippen LogP contribution in [0.1, 0.15) is 0 Å². The molecule has 2 atom stereocenters. The second kappa shape index (κ2) is 2.11. The van der Waals surface area contributed by atoms with Gasteiger partial charge in [0, 0.05) is 0 Å². The predicted molar refractivity (Wildman–Crippen MR) is 23.2 cm³/mol. The van der Waals surface area contributed by atoms with Gasteiger partial charge < -0.3 is 24.5 Å². The van der Waals surface area contributed by atoms with Gasteiger partial charge in [-0.15, -0.1) is 7.94 Å². The molecule has 0 aliphatic carbocycles. The van der Waals surface area contributed by atoms with Crippen LogP contribution in [0.4, 0.5) is 0 Å². The lowest BCUT2D eigenvalue weighted by atomic mass is 10.5. The Morgan fingerprint density at radius 1 is 1.50 bits per heavy atom. The minimum Gasteiger partial charge on any atom is -0.686 e. The lowest BCUT2D eigenvalue weighted by molar-refractivity contribution is -0.430. The highest BCUT2D eigenvalue weighted by Gasteiger charge is 2.51. The highest BCUT2D eigenvalue weighted by Crippen LogP contribution is 2.49. The van der Waals surface area contributed by atoms with Crippen molar-refractivity contribution in [2.75, 3.05) is 0 Å². The predicted octanol–water partition coefficient (Wildman–Crippen LogP) is -3.36. The highest BCUT2D eigenvalue weighted by molar-refractivity contribution is 7.55. The molecule has 1 N–H and O–H groups in total. The number of rotatable bonds is 2. The van der Waals surface area contributed by atoms with Gasteiger partial charge in [-0.1, -0.05) is 0 Å². The number of hydrogen-bond donors (Lipinski definition) is 1. The number of carboxylic acids is 1. The molecular formula is C3H3O6P-2. The van der Waals surface area contributed by atoms with Gasteiger partial charge in [-0.2, -0.15) is 0 Å². The van der Waals surface area contributed by atoms with Crippen LogP contribution in [0.25, 0.3) is 0 Å². The Morgan fingerprint density at radius 2 is 2.00 bits per heavy atom. The molecule has 7 heteroatoms. The molecule has 2 unspecified atom stereocenters. The van der Waals surface area contributed by atoms with E-state index in [-0.39, 0.29) is 0 Å². The molecule has 0 radical (unpaired) electrons. The van der Waals surface area contributed by atoms with Crippen molar-refractivity contribution in [1.82, 2.24) is 0 Å². The fraction of sp³-hybridized carbons (Fsp3) is 0.667. The Bertz CT molecular complexity index is 161. The number of aliphatic carboxylic acids is 1. The van der Waals surface area contributed by atoms with Crippen LogP contribution in [-0.4, -0.2) is 23.0 Å². The van der Waals surface area contributed by atoms with Crippen molar-refractivity contribution in [2.45, 2.75) is 11.9 Å². The topological polar surface area (TPSA) is 119 Å². The van der Waals surface area contributed by atoms with E-state index in [1.807, 2.05) is 0 Å². The summed E-state index contributed by atoms with van der Waals surface area (Å²) in [7, 11) is -4.84. The standard InChI is InChI=1S/C3H5O6P/c4-2(5)1-3(9-1)10(6,7)8/h1,3H,(H,4,5)(H2,6,7,8)/p-2. The maximum absolute atomic E-state index is 9.99. The molecule has 1 saturated heterocycles. The summed E-state index contributed by atoms with van der Waals surface area (Å²) < 4.78 is 4.06. The molecule has 1 rings (SSSR count). The van der Waals surface area contributed by atoms with Gasteiger partial charge in [0.2, 0.25) is 6.10 Å². The summed E-state index contributed by atoms with van der Waals surface area (Å²) in [6, 6.07) is 0. The molecule has 0 amide bonds.